The van der Waals surface area contributed by atoms with Crippen molar-refractivity contribution in [3.05, 3.63) is 24.2 Å². The number of likely N-dealkylation sites (tertiary alicyclic amines) is 1. The molecule has 0 aromatic carbocycles. The number of piperazine rings is 1. The highest BCUT2D eigenvalue weighted by atomic mass is 16.3. The zero-order valence-corrected chi connectivity index (χ0v) is 17.4. The van der Waals surface area contributed by atoms with Crippen LogP contribution in [0.4, 0.5) is 0 Å². The Balaban J connectivity index is 1.50. The lowest BCUT2D eigenvalue weighted by atomic mass is 10.2. The van der Waals surface area contributed by atoms with Crippen LogP contribution in [-0.4, -0.2) is 85.0 Å². The van der Waals surface area contributed by atoms with Crippen LogP contribution in [0.3, 0.4) is 0 Å². The summed E-state index contributed by atoms with van der Waals surface area (Å²) in [6.45, 7) is 11.1. The highest BCUT2D eigenvalue weighted by molar-refractivity contribution is 5.81. The molecule has 7 heteroatoms. The molecule has 2 fully saturated rings. The predicted octanol–water partition coefficient (Wildman–Crippen LogP) is 1.81. The van der Waals surface area contributed by atoms with Gasteiger partial charge in [0.1, 0.15) is 5.76 Å². The monoisotopic (exact) mass is 389 g/mol. The maximum absolute atomic E-state index is 12.4. The molecule has 2 aliphatic rings. The predicted molar refractivity (Wildman–Crippen MR) is 111 cm³/mol. The van der Waals surface area contributed by atoms with Crippen molar-refractivity contribution in [2.45, 2.75) is 45.6 Å². The molecule has 0 bridgehead atoms. The van der Waals surface area contributed by atoms with Crippen LogP contribution in [0.1, 0.15) is 38.9 Å². The molecule has 0 aliphatic carbocycles. The lowest BCUT2D eigenvalue weighted by Gasteiger charge is -2.37. The number of nitrogens with one attached hydrogen (secondary N) is 1. The molecular weight excluding hydrogens is 354 g/mol. The van der Waals surface area contributed by atoms with Crippen LogP contribution in [-0.2, 0) is 11.2 Å². The summed E-state index contributed by atoms with van der Waals surface area (Å²) in [4.78, 5) is 23.8. The molecule has 2 aliphatic heterocycles. The van der Waals surface area contributed by atoms with Gasteiger partial charge in [-0.05, 0) is 38.3 Å². The number of guanidine groups is 1. The summed E-state index contributed by atoms with van der Waals surface area (Å²) in [5.74, 6) is 2.24. The molecule has 3 heterocycles. The van der Waals surface area contributed by atoms with Crippen LogP contribution in [0.2, 0.25) is 0 Å². The molecule has 0 radical (unpaired) electrons. The van der Waals surface area contributed by atoms with Crippen LogP contribution < -0.4 is 5.32 Å². The smallest absolute Gasteiger partial charge is 0.236 e. The van der Waals surface area contributed by atoms with E-state index in [1.807, 2.05) is 17.0 Å². The normalized spacial score (nSPS) is 19.9. The van der Waals surface area contributed by atoms with E-state index in [-0.39, 0.29) is 5.91 Å². The fourth-order valence-corrected chi connectivity index (χ4v) is 3.66. The number of hydrogen-bond acceptors (Lipinski definition) is 4. The minimum Gasteiger partial charge on any atom is -0.469 e. The second-order valence-electron chi connectivity index (χ2n) is 7.84. The quantitative estimate of drug-likeness (QED) is 0.569. The zero-order valence-electron chi connectivity index (χ0n) is 17.4. The van der Waals surface area contributed by atoms with E-state index >= 15 is 0 Å². The molecular formula is C21H35N5O2. The first-order valence-electron chi connectivity index (χ1n) is 10.7. The summed E-state index contributed by atoms with van der Waals surface area (Å²) in [5, 5.41) is 3.57. The van der Waals surface area contributed by atoms with Crippen molar-refractivity contribution in [3.63, 3.8) is 0 Å². The van der Waals surface area contributed by atoms with Crippen molar-refractivity contribution in [2.24, 2.45) is 4.99 Å². The molecule has 1 atom stereocenters. The van der Waals surface area contributed by atoms with E-state index in [1.54, 1.807) is 6.26 Å². The van der Waals surface area contributed by atoms with E-state index in [0.29, 0.717) is 19.1 Å². The highest BCUT2D eigenvalue weighted by Crippen LogP contribution is 2.10. The van der Waals surface area contributed by atoms with Gasteiger partial charge in [-0.25, -0.2) is 0 Å². The first kappa shape index (κ1) is 20.7. The highest BCUT2D eigenvalue weighted by Gasteiger charge is 2.25. The van der Waals surface area contributed by atoms with Crippen molar-refractivity contribution >= 4 is 11.9 Å². The summed E-state index contributed by atoms with van der Waals surface area (Å²) in [6, 6.07) is 4.30. The van der Waals surface area contributed by atoms with Crippen molar-refractivity contribution in [1.82, 2.24) is 20.0 Å². The van der Waals surface area contributed by atoms with E-state index < -0.39 is 0 Å². The fraction of sp³-hybridized carbons (Fsp3) is 0.714. The number of carbonyl (C=O) groups excluding carboxylic acids is 1. The topological polar surface area (TPSA) is 64.3 Å². The Hall–Kier alpha value is -2.02. The molecule has 1 aromatic heterocycles. The minimum absolute atomic E-state index is 0.288. The maximum Gasteiger partial charge on any atom is 0.236 e. The van der Waals surface area contributed by atoms with Crippen molar-refractivity contribution in [3.8, 4) is 0 Å². The third kappa shape index (κ3) is 5.99. The number of carbonyl (C=O) groups is 1. The summed E-state index contributed by atoms with van der Waals surface area (Å²) in [6.07, 6.45) is 5.88. The van der Waals surface area contributed by atoms with Crippen molar-refractivity contribution in [2.75, 3.05) is 52.4 Å². The number of hydrogen-bond donors (Lipinski definition) is 1. The van der Waals surface area contributed by atoms with Gasteiger partial charge >= 0.3 is 0 Å². The molecule has 156 valence electrons. The molecule has 0 saturated carbocycles. The van der Waals surface area contributed by atoms with Crippen molar-refractivity contribution < 1.29 is 9.21 Å². The number of nitrogens with zero attached hydrogens (tertiary/aromatic N) is 4. The number of furan rings is 1. The van der Waals surface area contributed by atoms with E-state index in [9.17, 15) is 4.79 Å². The molecule has 7 nitrogen and oxygen atoms in total. The van der Waals surface area contributed by atoms with Crippen LogP contribution >= 0.6 is 0 Å². The average Bonchev–Trinajstić information content (AvgIpc) is 3.42. The third-order valence-corrected chi connectivity index (χ3v) is 5.68. The maximum atomic E-state index is 12.4. The van der Waals surface area contributed by atoms with Gasteiger partial charge in [-0.3, -0.25) is 14.7 Å². The number of rotatable bonds is 7. The van der Waals surface area contributed by atoms with Gasteiger partial charge in [0.2, 0.25) is 5.91 Å². The first-order valence-corrected chi connectivity index (χ1v) is 10.7. The first-order chi connectivity index (χ1) is 13.7. The molecule has 2 saturated heterocycles. The summed E-state index contributed by atoms with van der Waals surface area (Å²) in [7, 11) is 0. The van der Waals surface area contributed by atoms with Crippen LogP contribution in [0.5, 0.6) is 0 Å². The van der Waals surface area contributed by atoms with Crippen molar-refractivity contribution in [1.29, 1.82) is 0 Å². The molecule has 1 amide bonds. The average molecular weight is 390 g/mol. The molecule has 1 N–H and O–H groups in total. The second kappa shape index (κ2) is 10.5. The van der Waals surface area contributed by atoms with Gasteiger partial charge in [0, 0.05) is 58.3 Å². The van der Waals surface area contributed by atoms with Crippen LogP contribution in [0.15, 0.2) is 27.8 Å². The van der Waals surface area contributed by atoms with Gasteiger partial charge in [-0.15, -0.1) is 0 Å². The Bertz CT molecular complexity index is 617. The number of aliphatic imine (C=N–C) groups is 1. The lowest BCUT2D eigenvalue weighted by molar-refractivity contribution is -0.131. The second-order valence-corrected chi connectivity index (χ2v) is 7.84. The van der Waals surface area contributed by atoms with Gasteiger partial charge in [0.25, 0.3) is 0 Å². The standard InChI is InChI=1S/C21H35N5O2/c1-3-18(2)23-21(22-9-8-19-7-6-16-28-19)26-14-12-24(13-15-26)17-20(27)25-10-4-5-11-25/h6-7,16,18H,3-5,8-15,17H2,1-2H3,(H,22,23). The molecule has 0 spiro atoms. The summed E-state index contributed by atoms with van der Waals surface area (Å²) >= 11 is 0. The van der Waals surface area contributed by atoms with E-state index in [0.717, 1.165) is 76.7 Å². The number of amides is 1. The summed E-state index contributed by atoms with van der Waals surface area (Å²) in [5.41, 5.74) is 0. The Morgan fingerprint density at radius 2 is 1.93 bits per heavy atom. The van der Waals surface area contributed by atoms with E-state index in [1.165, 1.54) is 0 Å². The van der Waals surface area contributed by atoms with Gasteiger partial charge in [-0.2, -0.15) is 0 Å². The minimum atomic E-state index is 0.288. The van der Waals surface area contributed by atoms with Gasteiger partial charge < -0.3 is 19.5 Å². The Kier molecular flexibility index (Phi) is 7.77. The zero-order chi connectivity index (χ0) is 19.8. The summed E-state index contributed by atoms with van der Waals surface area (Å²) < 4.78 is 5.41. The Morgan fingerprint density at radius 1 is 1.18 bits per heavy atom. The van der Waals surface area contributed by atoms with Gasteiger partial charge in [0.05, 0.1) is 12.8 Å². The lowest BCUT2D eigenvalue weighted by Crippen LogP contribution is -2.55. The largest absolute Gasteiger partial charge is 0.469 e. The molecule has 1 aromatic rings. The van der Waals surface area contributed by atoms with E-state index in [2.05, 4.69) is 29.0 Å². The Morgan fingerprint density at radius 3 is 2.57 bits per heavy atom. The van der Waals surface area contributed by atoms with Gasteiger partial charge in [0.15, 0.2) is 5.96 Å². The third-order valence-electron chi connectivity index (χ3n) is 5.68. The van der Waals surface area contributed by atoms with Crippen LogP contribution in [0, 0.1) is 0 Å². The molecule has 1 unspecified atom stereocenters. The van der Waals surface area contributed by atoms with Gasteiger partial charge in [-0.1, -0.05) is 6.92 Å². The molecule has 3 rings (SSSR count). The van der Waals surface area contributed by atoms with Crippen LogP contribution in [0.25, 0.3) is 0 Å². The Labute approximate surface area is 168 Å². The fourth-order valence-electron chi connectivity index (χ4n) is 3.66. The SMILES string of the molecule is CCC(C)NC(=NCCc1ccco1)N1CCN(CC(=O)N2CCCC2)CC1. The molecule has 28 heavy (non-hydrogen) atoms. The van der Waals surface area contributed by atoms with E-state index in [4.69, 9.17) is 9.41 Å².